The van der Waals surface area contributed by atoms with Gasteiger partial charge < -0.3 is 15.5 Å². The molecule has 164 valence electrons. The first-order chi connectivity index (χ1) is 14.8. The number of hydrogen-bond acceptors (Lipinski definition) is 5. The van der Waals surface area contributed by atoms with Gasteiger partial charge in [-0.15, -0.1) is 0 Å². The van der Waals surface area contributed by atoms with Gasteiger partial charge in [0.1, 0.15) is 11.3 Å². The van der Waals surface area contributed by atoms with Crippen LogP contribution in [0.25, 0.3) is 0 Å². The van der Waals surface area contributed by atoms with E-state index in [9.17, 15) is 19.8 Å². The number of urea groups is 1. The molecule has 7 nitrogen and oxygen atoms in total. The van der Waals surface area contributed by atoms with Crippen molar-refractivity contribution in [3.8, 4) is 5.75 Å². The van der Waals surface area contributed by atoms with Crippen molar-refractivity contribution in [3.05, 3.63) is 29.3 Å². The van der Waals surface area contributed by atoms with Crippen LogP contribution < -0.4 is 5.32 Å². The highest BCUT2D eigenvalue weighted by atomic mass is 16.3. The molecule has 3 amide bonds. The van der Waals surface area contributed by atoms with Crippen molar-refractivity contribution in [2.45, 2.75) is 73.5 Å². The predicted molar refractivity (Wildman–Crippen MR) is 112 cm³/mol. The third kappa shape index (κ3) is 1.87. The number of imide groups is 1. The number of carbonyl (C=O) groups is 2. The third-order valence-electron chi connectivity index (χ3n) is 9.62. The number of benzene rings is 1. The second kappa shape index (κ2) is 5.26. The molecule has 5 fully saturated rings. The van der Waals surface area contributed by atoms with E-state index in [-0.39, 0.29) is 29.1 Å². The lowest BCUT2D eigenvalue weighted by atomic mass is 9.52. The van der Waals surface area contributed by atoms with Crippen LogP contribution in [0.15, 0.2) is 18.2 Å². The number of phenols is 1. The highest BCUT2D eigenvalue weighted by Crippen LogP contribution is 2.75. The molecule has 7 rings (SSSR count). The summed E-state index contributed by atoms with van der Waals surface area (Å²) in [4.78, 5) is 29.7. The van der Waals surface area contributed by atoms with Gasteiger partial charge in [0.25, 0.3) is 5.91 Å². The van der Waals surface area contributed by atoms with Gasteiger partial charge >= 0.3 is 6.03 Å². The van der Waals surface area contributed by atoms with E-state index in [1.54, 1.807) is 6.07 Å². The fraction of sp³-hybridized carbons (Fsp3) is 0.667. The largest absolute Gasteiger partial charge is 0.508 e. The summed E-state index contributed by atoms with van der Waals surface area (Å²) >= 11 is 0. The molecular weight excluding hydrogens is 394 g/mol. The van der Waals surface area contributed by atoms with Crippen molar-refractivity contribution in [2.24, 2.45) is 5.92 Å². The van der Waals surface area contributed by atoms with Crippen LogP contribution in [0.1, 0.15) is 56.6 Å². The number of rotatable bonds is 3. The Kier molecular flexibility index (Phi) is 3.13. The number of nitrogens with zero attached hydrogens (tertiary/aromatic N) is 2. The molecule has 31 heavy (non-hydrogen) atoms. The van der Waals surface area contributed by atoms with Gasteiger partial charge in [-0.1, -0.05) is 6.07 Å². The molecule has 5 atom stereocenters. The maximum Gasteiger partial charge on any atom is 0.325 e. The van der Waals surface area contributed by atoms with E-state index in [1.807, 2.05) is 19.1 Å². The number of aliphatic hydroxyl groups is 1. The minimum Gasteiger partial charge on any atom is -0.508 e. The zero-order chi connectivity index (χ0) is 21.4. The first-order valence-electron chi connectivity index (χ1n) is 11.7. The number of amides is 3. The maximum absolute atomic E-state index is 13.4. The minimum atomic E-state index is -0.960. The molecular formula is C24H29N3O4. The van der Waals surface area contributed by atoms with Gasteiger partial charge in [0.15, 0.2) is 0 Å². The summed E-state index contributed by atoms with van der Waals surface area (Å²) in [5.74, 6) is 0.786. The van der Waals surface area contributed by atoms with E-state index >= 15 is 0 Å². The summed E-state index contributed by atoms with van der Waals surface area (Å²) < 4.78 is 0. The van der Waals surface area contributed by atoms with Crippen LogP contribution in [0.4, 0.5) is 4.79 Å². The lowest BCUT2D eigenvalue weighted by Gasteiger charge is -2.63. The Hall–Kier alpha value is -2.12. The third-order valence-corrected chi connectivity index (χ3v) is 9.62. The van der Waals surface area contributed by atoms with Crippen molar-refractivity contribution in [1.29, 1.82) is 0 Å². The van der Waals surface area contributed by atoms with Crippen molar-refractivity contribution >= 4 is 11.9 Å². The van der Waals surface area contributed by atoms with Gasteiger partial charge in [-0.25, -0.2) is 4.79 Å². The zero-order valence-corrected chi connectivity index (χ0v) is 17.9. The summed E-state index contributed by atoms with van der Waals surface area (Å²) in [6.45, 7) is 4.15. The summed E-state index contributed by atoms with van der Waals surface area (Å²) in [7, 11) is 0. The second-order valence-electron chi connectivity index (χ2n) is 11.1. The topological polar surface area (TPSA) is 93.1 Å². The van der Waals surface area contributed by atoms with Crippen molar-refractivity contribution in [1.82, 2.24) is 15.1 Å². The maximum atomic E-state index is 13.4. The summed E-state index contributed by atoms with van der Waals surface area (Å²) in [5, 5.41) is 25.7. The molecule has 3 spiro atoms. The molecule has 2 saturated heterocycles. The van der Waals surface area contributed by atoms with E-state index in [1.165, 1.54) is 23.3 Å². The normalized spacial score (nSPS) is 44.8. The number of carbonyl (C=O) groups excluding carboxylic acids is 2. The molecule has 4 aliphatic carbocycles. The molecule has 2 heterocycles. The number of fused-ring (bicyclic) bond motifs is 2. The molecule has 3 saturated carbocycles. The van der Waals surface area contributed by atoms with Gasteiger partial charge in [-0.05, 0) is 74.6 Å². The first kappa shape index (κ1) is 18.5. The molecule has 0 aromatic heterocycles. The second-order valence-corrected chi connectivity index (χ2v) is 11.1. The first-order valence-corrected chi connectivity index (χ1v) is 11.7. The van der Waals surface area contributed by atoms with E-state index in [0.29, 0.717) is 25.8 Å². The number of likely N-dealkylation sites (N-methyl/N-ethyl adjacent to an activating group) is 1. The van der Waals surface area contributed by atoms with E-state index in [4.69, 9.17) is 0 Å². The van der Waals surface area contributed by atoms with Crippen molar-refractivity contribution in [2.75, 3.05) is 19.6 Å². The number of aromatic hydroxyl groups is 1. The van der Waals surface area contributed by atoms with Gasteiger partial charge in [-0.3, -0.25) is 14.6 Å². The molecule has 1 aromatic carbocycles. The Labute approximate surface area is 181 Å². The van der Waals surface area contributed by atoms with Crippen molar-refractivity contribution < 1.29 is 19.8 Å². The minimum absolute atomic E-state index is 0.0597. The Balaban J connectivity index is 1.38. The Morgan fingerprint density at radius 3 is 2.68 bits per heavy atom. The average molecular weight is 424 g/mol. The molecule has 1 aromatic rings. The van der Waals surface area contributed by atoms with Crippen LogP contribution in [0, 0.1) is 5.92 Å². The fourth-order valence-electron chi connectivity index (χ4n) is 8.41. The molecule has 7 heteroatoms. The number of nitrogens with one attached hydrogen (secondary N) is 1. The van der Waals surface area contributed by atoms with E-state index in [2.05, 4.69) is 10.2 Å². The standard InChI is InChI=1S/C24H29N3O4/c1-2-27-19(29)23(25-20(27)30)7-8-24(31)18-21(13-26(18)10-14-3-4-14)11-22(24,12-23)17-9-15(28)5-6-16(17)21/h5-6,9,14,18,28,31H,2-4,7-8,10-13H2,1H3,(H,25,30). The summed E-state index contributed by atoms with van der Waals surface area (Å²) in [6.07, 6.45) is 4.70. The number of likely N-dealkylation sites (tertiary alicyclic amines) is 1. The van der Waals surface area contributed by atoms with E-state index in [0.717, 1.165) is 31.0 Å². The van der Waals surface area contributed by atoms with Crippen LogP contribution in [0.3, 0.4) is 0 Å². The lowest BCUT2D eigenvalue weighted by molar-refractivity contribution is -0.161. The van der Waals surface area contributed by atoms with Gasteiger partial charge in [0.05, 0.1) is 11.6 Å². The van der Waals surface area contributed by atoms with Gasteiger partial charge in [-0.2, -0.15) is 0 Å². The van der Waals surface area contributed by atoms with Crippen LogP contribution >= 0.6 is 0 Å². The predicted octanol–water partition coefficient (Wildman–Crippen LogP) is 1.60. The van der Waals surface area contributed by atoms with Crippen LogP contribution in [-0.2, 0) is 15.6 Å². The van der Waals surface area contributed by atoms with Gasteiger partial charge in [0, 0.05) is 30.5 Å². The van der Waals surface area contributed by atoms with Crippen LogP contribution in [0.5, 0.6) is 5.75 Å². The van der Waals surface area contributed by atoms with E-state index < -0.39 is 16.6 Å². The smallest absolute Gasteiger partial charge is 0.325 e. The summed E-state index contributed by atoms with van der Waals surface area (Å²) in [6, 6.07) is 5.34. The van der Waals surface area contributed by atoms with Gasteiger partial charge in [0.2, 0.25) is 0 Å². The quantitative estimate of drug-likeness (QED) is 0.643. The zero-order valence-electron chi connectivity index (χ0n) is 17.9. The number of hydrogen-bond donors (Lipinski definition) is 3. The molecule has 2 aliphatic heterocycles. The fourth-order valence-corrected chi connectivity index (χ4v) is 8.41. The molecule has 0 radical (unpaired) electrons. The highest BCUT2D eigenvalue weighted by molar-refractivity contribution is 6.07. The van der Waals surface area contributed by atoms with Crippen LogP contribution in [0.2, 0.25) is 0 Å². The molecule has 3 N–H and O–H groups in total. The van der Waals surface area contributed by atoms with Crippen molar-refractivity contribution in [3.63, 3.8) is 0 Å². The lowest BCUT2D eigenvalue weighted by Crippen LogP contribution is -2.76. The highest BCUT2D eigenvalue weighted by Gasteiger charge is 2.83. The number of phenolic OH excluding ortho intramolecular Hbond substituents is 1. The molecule has 5 unspecified atom stereocenters. The monoisotopic (exact) mass is 423 g/mol. The molecule has 6 aliphatic rings. The molecule has 2 bridgehead atoms. The Morgan fingerprint density at radius 2 is 1.97 bits per heavy atom. The van der Waals surface area contributed by atoms with Crippen LogP contribution in [-0.4, -0.2) is 68.8 Å². The average Bonchev–Trinajstić information content (AvgIpc) is 3.40. The summed E-state index contributed by atoms with van der Waals surface area (Å²) in [5.41, 5.74) is -0.430. The Morgan fingerprint density at radius 1 is 1.16 bits per heavy atom. The SMILES string of the molecule is CCN1C(=O)NC2(CCC3(O)C4N(CC5CC5)CC45CC3(C2)c2cc(O)ccc25)C1=O. The Bertz CT molecular complexity index is 1060.